The lowest BCUT2D eigenvalue weighted by Crippen LogP contribution is -2.27. The van der Waals surface area contributed by atoms with E-state index in [4.69, 9.17) is 15.2 Å². The zero-order valence-corrected chi connectivity index (χ0v) is 29.7. The van der Waals surface area contributed by atoms with Crippen LogP contribution in [0.3, 0.4) is 0 Å². The summed E-state index contributed by atoms with van der Waals surface area (Å²) in [6.45, 7) is 10.0. The minimum atomic E-state index is -1.10. The predicted molar refractivity (Wildman–Crippen MR) is 195 cm³/mol. The van der Waals surface area contributed by atoms with E-state index in [9.17, 15) is 14.4 Å². The third-order valence-electron chi connectivity index (χ3n) is 9.09. The monoisotopic (exact) mass is 667 g/mol. The van der Waals surface area contributed by atoms with Crippen LogP contribution in [-0.2, 0) is 33.7 Å². The Labute approximate surface area is 291 Å². The fraction of sp³-hybridized carbons (Fsp3) is 0.439. The Morgan fingerprint density at radius 1 is 0.776 bits per heavy atom. The molecule has 1 amide bonds. The number of ketones is 1. The number of benzene rings is 2. The van der Waals surface area contributed by atoms with Gasteiger partial charge in [-0.2, -0.15) is 0 Å². The molecule has 8 heteroatoms. The molecule has 0 spiro atoms. The van der Waals surface area contributed by atoms with Gasteiger partial charge in [-0.05, 0) is 87.0 Å². The Kier molecular flexibility index (Phi) is 14.6. The SMILES string of the molecule is CCCCc1c(C(OC)C(N)=O)c2cc(C(=O)OCc3ccccc3)ccn2c1C(=O)c1ccc(CCCN(CCCC)CCCC)cc1. The first kappa shape index (κ1) is 37.5. The van der Waals surface area contributed by atoms with Crippen molar-refractivity contribution in [3.05, 3.63) is 112 Å². The highest BCUT2D eigenvalue weighted by atomic mass is 16.5. The van der Waals surface area contributed by atoms with Gasteiger partial charge in [0.25, 0.3) is 5.91 Å². The number of hydrogen-bond acceptors (Lipinski definition) is 6. The number of fused-ring (bicyclic) bond motifs is 1. The number of rotatable bonds is 21. The molecule has 8 nitrogen and oxygen atoms in total. The standard InChI is InChI=1S/C41H53N3O5/c1-5-8-18-34-36(39(48-4)40(42)46)35-28-33(41(47)49-29-31-15-12-11-13-16-31)23-27-44(35)37(34)38(45)32-21-19-30(20-22-32)17-14-26-43(24-9-6-2)25-10-7-3/h11-13,15-16,19-23,27-28,39H,5-10,14,17-18,24-26,29H2,1-4H3,(H2,42,46). The Morgan fingerprint density at radius 3 is 2.04 bits per heavy atom. The van der Waals surface area contributed by atoms with E-state index in [-0.39, 0.29) is 12.4 Å². The first-order chi connectivity index (χ1) is 23.8. The van der Waals surface area contributed by atoms with Crippen LogP contribution in [0.1, 0.15) is 120 Å². The largest absolute Gasteiger partial charge is 0.457 e. The maximum absolute atomic E-state index is 14.4. The number of ether oxygens (including phenoxy) is 2. The summed E-state index contributed by atoms with van der Waals surface area (Å²) in [5.74, 6) is -1.34. The Balaban J connectivity index is 1.65. The van der Waals surface area contributed by atoms with Crippen LogP contribution in [0.2, 0.25) is 0 Å². The average molecular weight is 668 g/mol. The molecule has 2 aromatic carbocycles. The summed E-state index contributed by atoms with van der Waals surface area (Å²) in [6.07, 6.45) is 9.67. The molecule has 262 valence electrons. The van der Waals surface area contributed by atoms with Gasteiger partial charge >= 0.3 is 5.97 Å². The van der Waals surface area contributed by atoms with E-state index in [0.29, 0.717) is 39.9 Å². The lowest BCUT2D eigenvalue weighted by atomic mass is 9.95. The van der Waals surface area contributed by atoms with Gasteiger partial charge in [-0.15, -0.1) is 0 Å². The summed E-state index contributed by atoms with van der Waals surface area (Å²) >= 11 is 0. The minimum absolute atomic E-state index is 0.123. The molecule has 4 rings (SSSR count). The molecule has 0 saturated carbocycles. The molecule has 2 heterocycles. The highest BCUT2D eigenvalue weighted by Gasteiger charge is 2.31. The molecule has 0 saturated heterocycles. The molecule has 0 fully saturated rings. The topological polar surface area (TPSA) is 103 Å². The Morgan fingerprint density at radius 2 is 1.43 bits per heavy atom. The van der Waals surface area contributed by atoms with E-state index in [1.807, 2.05) is 54.6 Å². The number of hydrogen-bond donors (Lipinski definition) is 1. The van der Waals surface area contributed by atoms with Gasteiger partial charge in [-0.3, -0.25) is 9.59 Å². The van der Waals surface area contributed by atoms with Crippen molar-refractivity contribution in [2.75, 3.05) is 26.7 Å². The second kappa shape index (κ2) is 19.1. The smallest absolute Gasteiger partial charge is 0.338 e. The van der Waals surface area contributed by atoms with Crippen molar-refractivity contribution in [2.24, 2.45) is 5.73 Å². The number of amides is 1. The number of primary amides is 1. The molecule has 0 aliphatic carbocycles. The van der Waals surface area contributed by atoms with Crippen LogP contribution in [0, 0.1) is 0 Å². The number of carbonyl (C=O) groups is 3. The first-order valence-corrected chi connectivity index (χ1v) is 17.9. The quantitative estimate of drug-likeness (QED) is 0.0717. The summed E-state index contributed by atoms with van der Waals surface area (Å²) in [6, 6.07) is 20.6. The first-order valence-electron chi connectivity index (χ1n) is 17.9. The van der Waals surface area contributed by atoms with Gasteiger partial charge in [0.2, 0.25) is 5.78 Å². The number of nitrogens with two attached hydrogens (primary N) is 1. The zero-order valence-electron chi connectivity index (χ0n) is 29.7. The lowest BCUT2D eigenvalue weighted by Gasteiger charge is -2.21. The zero-order chi connectivity index (χ0) is 35.2. The van der Waals surface area contributed by atoms with Gasteiger partial charge in [0.15, 0.2) is 6.10 Å². The van der Waals surface area contributed by atoms with Crippen LogP contribution in [0.4, 0.5) is 0 Å². The summed E-state index contributed by atoms with van der Waals surface area (Å²) in [7, 11) is 1.42. The fourth-order valence-electron chi connectivity index (χ4n) is 6.35. The van der Waals surface area contributed by atoms with Crippen molar-refractivity contribution in [1.29, 1.82) is 0 Å². The van der Waals surface area contributed by atoms with Crippen LogP contribution < -0.4 is 5.73 Å². The summed E-state index contributed by atoms with van der Waals surface area (Å²) < 4.78 is 13.0. The molecular formula is C41H53N3O5. The molecule has 2 aromatic heterocycles. The molecule has 2 N–H and O–H groups in total. The third kappa shape index (κ3) is 9.89. The van der Waals surface area contributed by atoms with Crippen LogP contribution in [-0.4, -0.2) is 53.7 Å². The van der Waals surface area contributed by atoms with Gasteiger partial charge in [0.05, 0.1) is 16.8 Å². The highest BCUT2D eigenvalue weighted by molar-refractivity contribution is 6.10. The number of nitrogens with zero attached hydrogens (tertiary/aromatic N) is 2. The van der Waals surface area contributed by atoms with Crippen LogP contribution in [0.25, 0.3) is 5.52 Å². The summed E-state index contributed by atoms with van der Waals surface area (Å²) in [5.41, 5.74) is 10.9. The second-order valence-corrected chi connectivity index (χ2v) is 12.8. The molecule has 1 atom stereocenters. The molecule has 0 bridgehead atoms. The van der Waals surface area contributed by atoms with Crippen LogP contribution >= 0.6 is 0 Å². The minimum Gasteiger partial charge on any atom is -0.457 e. The van der Waals surface area contributed by atoms with E-state index >= 15 is 0 Å². The molecule has 49 heavy (non-hydrogen) atoms. The number of unbranched alkanes of at least 4 members (excludes halogenated alkanes) is 3. The van der Waals surface area contributed by atoms with Crippen molar-refractivity contribution in [1.82, 2.24) is 9.30 Å². The number of aromatic nitrogens is 1. The predicted octanol–water partition coefficient (Wildman–Crippen LogP) is 7.88. The molecule has 1 unspecified atom stereocenters. The van der Waals surface area contributed by atoms with Gasteiger partial charge < -0.3 is 24.5 Å². The number of methoxy groups -OCH3 is 1. The van der Waals surface area contributed by atoms with E-state index in [2.05, 4.69) is 25.7 Å². The van der Waals surface area contributed by atoms with Crippen molar-refractivity contribution in [3.63, 3.8) is 0 Å². The maximum atomic E-state index is 14.4. The summed E-state index contributed by atoms with van der Waals surface area (Å²) in [4.78, 5) is 42.8. The number of carbonyl (C=O) groups excluding carboxylic acids is 3. The van der Waals surface area contributed by atoms with Crippen LogP contribution in [0.15, 0.2) is 72.9 Å². The van der Waals surface area contributed by atoms with Crippen molar-refractivity contribution in [2.45, 2.75) is 91.3 Å². The van der Waals surface area contributed by atoms with E-state index in [0.717, 1.165) is 50.9 Å². The molecular weight excluding hydrogens is 614 g/mol. The molecule has 4 aromatic rings. The van der Waals surface area contributed by atoms with Crippen molar-refractivity contribution >= 4 is 23.2 Å². The van der Waals surface area contributed by atoms with Gasteiger partial charge in [-0.1, -0.05) is 94.6 Å². The third-order valence-corrected chi connectivity index (χ3v) is 9.09. The Hall–Kier alpha value is -4.27. The normalized spacial score (nSPS) is 12.0. The number of esters is 1. The molecule has 0 aliphatic rings. The maximum Gasteiger partial charge on any atom is 0.338 e. The molecule has 0 radical (unpaired) electrons. The van der Waals surface area contributed by atoms with E-state index in [1.54, 1.807) is 22.7 Å². The molecule has 0 aliphatic heterocycles. The highest BCUT2D eigenvalue weighted by Crippen LogP contribution is 2.34. The number of aryl methyl sites for hydroxylation is 1. The second-order valence-electron chi connectivity index (χ2n) is 12.8. The van der Waals surface area contributed by atoms with E-state index < -0.39 is 18.0 Å². The van der Waals surface area contributed by atoms with Gasteiger partial charge in [0, 0.05) is 24.4 Å². The van der Waals surface area contributed by atoms with Gasteiger partial charge in [0.1, 0.15) is 6.61 Å². The Bertz CT molecular complexity index is 1650. The fourth-order valence-corrected chi connectivity index (χ4v) is 6.35. The average Bonchev–Trinajstić information content (AvgIpc) is 3.43. The van der Waals surface area contributed by atoms with Crippen molar-refractivity contribution in [3.8, 4) is 0 Å². The van der Waals surface area contributed by atoms with Crippen LogP contribution in [0.5, 0.6) is 0 Å². The summed E-state index contributed by atoms with van der Waals surface area (Å²) in [5, 5.41) is 0. The van der Waals surface area contributed by atoms with E-state index in [1.165, 1.54) is 38.4 Å². The lowest BCUT2D eigenvalue weighted by molar-refractivity contribution is -0.128. The number of pyridine rings is 1. The van der Waals surface area contributed by atoms with Crippen molar-refractivity contribution < 1.29 is 23.9 Å². The van der Waals surface area contributed by atoms with Gasteiger partial charge in [-0.25, -0.2) is 4.79 Å².